The molecule has 0 saturated heterocycles. The molecule has 0 bridgehead atoms. The highest BCUT2D eigenvalue weighted by Crippen LogP contribution is 2.27. The molecule has 1 amide bonds. The van der Waals surface area contributed by atoms with E-state index in [4.69, 9.17) is 5.73 Å². The Morgan fingerprint density at radius 2 is 2.06 bits per heavy atom. The summed E-state index contributed by atoms with van der Waals surface area (Å²) in [6.45, 7) is 2.62. The lowest BCUT2D eigenvalue weighted by Gasteiger charge is -2.22. The summed E-state index contributed by atoms with van der Waals surface area (Å²) < 4.78 is 0. The SMILES string of the molecule is Cc1cccc(CNC(=O)C2(N)CCCC2)c1.Cl. The van der Waals surface area contributed by atoms with Gasteiger partial charge < -0.3 is 11.1 Å². The molecule has 100 valence electrons. The van der Waals surface area contributed by atoms with Crippen molar-refractivity contribution in [1.82, 2.24) is 5.32 Å². The number of carbonyl (C=O) groups is 1. The molecule has 4 heteroatoms. The largest absolute Gasteiger partial charge is 0.350 e. The molecule has 18 heavy (non-hydrogen) atoms. The lowest BCUT2D eigenvalue weighted by molar-refractivity contribution is -0.126. The summed E-state index contributed by atoms with van der Waals surface area (Å²) in [7, 11) is 0. The van der Waals surface area contributed by atoms with E-state index in [-0.39, 0.29) is 18.3 Å². The minimum absolute atomic E-state index is 0. The fourth-order valence-corrected chi connectivity index (χ4v) is 2.41. The van der Waals surface area contributed by atoms with Crippen LogP contribution >= 0.6 is 12.4 Å². The van der Waals surface area contributed by atoms with Crippen LogP contribution in [0.5, 0.6) is 0 Å². The van der Waals surface area contributed by atoms with E-state index in [0.29, 0.717) is 6.54 Å². The second-order valence-electron chi connectivity index (χ2n) is 5.03. The molecule has 1 fully saturated rings. The Morgan fingerprint density at radius 3 is 2.67 bits per heavy atom. The summed E-state index contributed by atoms with van der Waals surface area (Å²) in [4.78, 5) is 12.0. The standard InChI is InChI=1S/C14H20N2O.ClH/c1-11-5-4-6-12(9-11)10-16-13(17)14(15)7-2-3-8-14;/h4-6,9H,2-3,7-8,10,15H2,1H3,(H,16,17);1H. The fraction of sp³-hybridized carbons (Fsp3) is 0.500. The van der Waals surface area contributed by atoms with E-state index < -0.39 is 5.54 Å². The Kier molecular flexibility index (Phi) is 5.17. The molecular weight excluding hydrogens is 248 g/mol. The van der Waals surface area contributed by atoms with Crippen LogP contribution in [0.25, 0.3) is 0 Å². The maximum atomic E-state index is 12.0. The summed E-state index contributed by atoms with van der Waals surface area (Å²) in [6, 6.07) is 8.15. The van der Waals surface area contributed by atoms with Crippen molar-refractivity contribution in [1.29, 1.82) is 0 Å². The van der Waals surface area contributed by atoms with Gasteiger partial charge in [-0.2, -0.15) is 0 Å². The number of nitrogens with two attached hydrogens (primary N) is 1. The molecule has 3 N–H and O–H groups in total. The topological polar surface area (TPSA) is 55.1 Å². The molecule has 0 atom stereocenters. The Balaban J connectivity index is 0.00000162. The molecular formula is C14H21ClN2O. The molecule has 0 aliphatic heterocycles. The lowest BCUT2D eigenvalue weighted by Crippen LogP contribution is -2.51. The number of benzene rings is 1. The second kappa shape index (κ2) is 6.21. The third kappa shape index (κ3) is 3.47. The average Bonchev–Trinajstić information content (AvgIpc) is 2.74. The van der Waals surface area contributed by atoms with Crippen molar-refractivity contribution in [3.8, 4) is 0 Å². The quantitative estimate of drug-likeness (QED) is 0.884. The average molecular weight is 269 g/mol. The van der Waals surface area contributed by atoms with Crippen molar-refractivity contribution in [2.45, 2.75) is 44.7 Å². The normalized spacial score (nSPS) is 17.0. The highest BCUT2D eigenvalue weighted by Gasteiger charge is 2.36. The van der Waals surface area contributed by atoms with Gasteiger partial charge in [-0.05, 0) is 25.3 Å². The summed E-state index contributed by atoms with van der Waals surface area (Å²) in [5.74, 6) is -0.00324. The number of halogens is 1. The minimum atomic E-state index is -0.621. The molecule has 3 nitrogen and oxygen atoms in total. The van der Waals surface area contributed by atoms with Gasteiger partial charge in [-0.1, -0.05) is 42.7 Å². The summed E-state index contributed by atoms with van der Waals surface area (Å²) in [5, 5.41) is 2.94. The van der Waals surface area contributed by atoms with Crippen LogP contribution in [-0.4, -0.2) is 11.4 Å². The molecule has 0 heterocycles. The molecule has 1 aliphatic rings. The van der Waals surface area contributed by atoms with Crippen LogP contribution in [0.4, 0.5) is 0 Å². The molecule has 0 aromatic heterocycles. The third-order valence-electron chi connectivity index (χ3n) is 3.48. The molecule has 1 aromatic rings. The van der Waals surface area contributed by atoms with Gasteiger partial charge in [-0.3, -0.25) is 4.79 Å². The van der Waals surface area contributed by atoms with Crippen LogP contribution in [-0.2, 0) is 11.3 Å². The summed E-state index contributed by atoms with van der Waals surface area (Å²) in [6.07, 6.45) is 3.75. The first kappa shape index (κ1) is 15.0. The molecule has 0 spiro atoms. The Hall–Kier alpha value is -1.06. The Bertz CT molecular complexity index is 414. The van der Waals surface area contributed by atoms with E-state index in [9.17, 15) is 4.79 Å². The van der Waals surface area contributed by atoms with Crippen LogP contribution in [0.15, 0.2) is 24.3 Å². The van der Waals surface area contributed by atoms with Crippen LogP contribution in [0.3, 0.4) is 0 Å². The first-order chi connectivity index (χ1) is 8.10. The number of hydrogen-bond donors (Lipinski definition) is 2. The van der Waals surface area contributed by atoms with Crippen molar-refractivity contribution in [3.05, 3.63) is 35.4 Å². The van der Waals surface area contributed by atoms with Crippen LogP contribution in [0.2, 0.25) is 0 Å². The van der Waals surface area contributed by atoms with Gasteiger partial charge >= 0.3 is 0 Å². The van der Waals surface area contributed by atoms with Crippen molar-refractivity contribution in [2.24, 2.45) is 5.73 Å². The Labute approximate surface area is 115 Å². The number of aryl methyl sites for hydroxylation is 1. The van der Waals surface area contributed by atoms with E-state index in [1.807, 2.05) is 25.1 Å². The van der Waals surface area contributed by atoms with Gasteiger partial charge in [0.2, 0.25) is 5.91 Å². The first-order valence-corrected chi connectivity index (χ1v) is 6.23. The zero-order valence-corrected chi connectivity index (χ0v) is 11.6. The second-order valence-corrected chi connectivity index (χ2v) is 5.03. The molecule has 0 unspecified atom stereocenters. The summed E-state index contributed by atoms with van der Waals surface area (Å²) >= 11 is 0. The molecule has 2 rings (SSSR count). The zero-order chi connectivity index (χ0) is 12.3. The minimum Gasteiger partial charge on any atom is -0.350 e. The number of rotatable bonds is 3. The van der Waals surface area contributed by atoms with Crippen LogP contribution < -0.4 is 11.1 Å². The monoisotopic (exact) mass is 268 g/mol. The van der Waals surface area contributed by atoms with Gasteiger partial charge in [0.25, 0.3) is 0 Å². The van der Waals surface area contributed by atoms with Gasteiger partial charge in [-0.15, -0.1) is 12.4 Å². The maximum absolute atomic E-state index is 12.0. The van der Waals surface area contributed by atoms with Gasteiger partial charge in [0, 0.05) is 6.54 Å². The van der Waals surface area contributed by atoms with Gasteiger partial charge in [0.1, 0.15) is 0 Å². The van der Waals surface area contributed by atoms with Crippen molar-refractivity contribution < 1.29 is 4.79 Å². The number of hydrogen-bond acceptors (Lipinski definition) is 2. The van der Waals surface area contributed by atoms with Crippen LogP contribution in [0, 0.1) is 6.92 Å². The Morgan fingerprint density at radius 1 is 1.39 bits per heavy atom. The molecule has 0 radical (unpaired) electrons. The highest BCUT2D eigenvalue weighted by atomic mass is 35.5. The molecule has 1 aliphatic carbocycles. The van der Waals surface area contributed by atoms with E-state index in [2.05, 4.69) is 11.4 Å². The molecule has 1 aromatic carbocycles. The van der Waals surface area contributed by atoms with Crippen molar-refractivity contribution in [3.63, 3.8) is 0 Å². The number of nitrogens with one attached hydrogen (secondary N) is 1. The third-order valence-corrected chi connectivity index (χ3v) is 3.48. The fourth-order valence-electron chi connectivity index (χ4n) is 2.41. The van der Waals surface area contributed by atoms with Gasteiger partial charge in [0.15, 0.2) is 0 Å². The van der Waals surface area contributed by atoms with Crippen molar-refractivity contribution in [2.75, 3.05) is 0 Å². The predicted octanol–water partition coefficient (Wildman–Crippen LogP) is 2.30. The molecule has 1 saturated carbocycles. The van der Waals surface area contributed by atoms with Crippen molar-refractivity contribution >= 4 is 18.3 Å². The maximum Gasteiger partial charge on any atom is 0.240 e. The number of carbonyl (C=O) groups excluding carboxylic acids is 1. The lowest BCUT2D eigenvalue weighted by atomic mass is 9.98. The van der Waals surface area contributed by atoms with E-state index in [1.54, 1.807) is 0 Å². The predicted molar refractivity (Wildman–Crippen MR) is 75.7 cm³/mol. The number of amides is 1. The van der Waals surface area contributed by atoms with E-state index in [0.717, 1.165) is 31.2 Å². The highest BCUT2D eigenvalue weighted by molar-refractivity contribution is 5.86. The van der Waals surface area contributed by atoms with Gasteiger partial charge in [0.05, 0.1) is 5.54 Å². The zero-order valence-electron chi connectivity index (χ0n) is 10.7. The van der Waals surface area contributed by atoms with Gasteiger partial charge in [-0.25, -0.2) is 0 Å². The first-order valence-electron chi connectivity index (χ1n) is 6.23. The smallest absolute Gasteiger partial charge is 0.240 e. The van der Waals surface area contributed by atoms with Crippen LogP contribution in [0.1, 0.15) is 36.8 Å². The summed E-state index contributed by atoms with van der Waals surface area (Å²) in [5.41, 5.74) is 7.80. The van der Waals surface area contributed by atoms with E-state index in [1.165, 1.54) is 5.56 Å². The van der Waals surface area contributed by atoms with E-state index >= 15 is 0 Å².